The van der Waals surface area contributed by atoms with Gasteiger partial charge in [-0.3, -0.25) is 0 Å². The summed E-state index contributed by atoms with van der Waals surface area (Å²) in [7, 11) is 0. The fraction of sp³-hybridized carbons (Fsp3) is 0.417. The second-order valence-corrected chi connectivity index (χ2v) is 8.61. The maximum Gasteiger partial charge on any atom is 0.410 e. The second kappa shape index (κ2) is 9.20. The molecule has 2 aromatic carbocycles. The standard InChI is InChI=1S/C24H29NO5/c1-24(2,3)30-23(28)25-11-9-18(10-12-25)19-13-20(22(26)27)15-21(14-19)29-16-17-7-5-4-6-8-17/h4-8,13-15,18H,9-12,16H2,1-3H3,(H,26,27). The van der Waals surface area contributed by atoms with E-state index in [1.165, 1.54) is 0 Å². The fourth-order valence-electron chi connectivity index (χ4n) is 3.53. The van der Waals surface area contributed by atoms with Crippen LogP contribution in [0.25, 0.3) is 0 Å². The molecule has 0 atom stereocenters. The number of hydrogen-bond donors (Lipinski definition) is 1. The number of piperidine rings is 1. The second-order valence-electron chi connectivity index (χ2n) is 8.61. The summed E-state index contributed by atoms with van der Waals surface area (Å²) >= 11 is 0. The Morgan fingerprint density at radius 1 is 1.07 bits per heavy atom. The van der Waals surface area contributed by atoms with Crippen LogP contribution >= 0.6 is 0 Å². The van der Waals surface area contributed by atoms with Crippen molar-refractivity contribution >= 4 is 12.1 Å². The molecular formula is C24H29NO5. The number of benzene rings is 2. The van der Waals surface area contributed by atoms with Crippen molar-refractivity contribution < 1.29 is 24.2 Å². The first-order chi connectivity index (χ1) is 14.2. The van der Waals surface area contributed by atoms with Crippen LogP contribution in [0.1, 0.15) is 61.0 Å². The molecule has 6 heteroatoms. The Kier molecular flexibility index (Phi) is 6.65. The molecule has 1 saturated heterocycles. The minimum atomic E-state index is -0.979. The van der Waals surface area contributed by atoms with E-state index in [9.17, 15) is 14.7 Å². The maximum atomic E-state index is 12.3. The number of carbonyl (C=O) groups excluding carboxylic acids is 1. The highest BCUT2D eigenvalue weighted by atomic mass is 16.6. The van der Waals surface area contributed by atoms with Gasteiger partial charge in [-0.05, 0) is 68.9 Å². The molecule has 1 N–H and O–H groups in total. The lowest BCUT2D eigenvalue weighted by molar-refractivity contribution is 0.0204. The first kappa shape index (κ1) is 21.7. The zero-order chi connectivity index (χ0) is 21.7. The molecule has 0 aromatic heterocycles. The Bertz CT molecular complexity index is 880. The van der Waals surface area contributed by atoms with Crippen molar-refractivity contribution in [2.24, 2.45) is 0 Å². The van der Waals surface area contributed by atoms with Gasteiger partial charge >= 0.3 is 12.1 Å². The van der Waals surface area contributed by atoms with Crippen molar-refractivity contribution in [3.05, 3.63) is 65.2 Å². The molecule has 2 aromatic rings. The summed E-state index contributed by atoms with van der Waals surface area (Å²) in [5, 5.41) is 9.52. The van der Waals surface area contributed by atoms with Gasteiger partial charge < -0.3 is 19.5 Å². The van der Waals surface area contributed by atoms with Crippen molar-refractivity contribution in [2.45, 2.75) is 51.7 Å². The van der Waals surface area contributed by atoms with Crippen molar-refractivity contribution in [1.29, 1.82) is 0 Å². The van der Waals surface area contributed by atoms with Crippen LogP contribution < -0.4 is 4.74 Å². The number of carbonyl (C=O) groups is 2. The quantitative estimate of drug-likeness (QED) is 0.743. The van der Waals surface area contributed by atoms with Gasteiger partial charge in [0.2, 0.25) is 0 Å². The van der Waals surface area contributed by atoms with Gasteiger partial charge in [-0.25, -0.2) is 9.59 Å². The van der Waals surface area contributed by atoms with Gasteiger partial charge in [-0.2, -0.15) is 0 Å². The normalized spacial score (nSPS) is 15.0. The van der Waals surface area contributed by atoms with Gasteiger partial charge in [0.25, 0.3) is 0 Å². The van der Waals surface area contributed by atoms with Crippen LogP contribution in [0, 0.1) is 0 Å². The summed E-state index contributed by atoms with van der Waals surface area (Å²) in [6.07, 6.45) is 1.20. The fourth-order valence-corrected chi connectivity index (χ4v) is 3.53. The molecule has 0 bridgehead atoms. The highest BCUT2D eigenvalue weighted by Crippen LogP contribution is 2.32. The number of carboxylic acids is 1. The third kappa shape index (κ3) is 5.99. The van der Waals surface area contributed by atoms with Gasteiger partial charge in [0.15, 0.2) is 0 Å². The first-order valence-electron chi connectivity index (χ1n) is 10.2. The van der Waals surface area contributed by atoms with Crippen LogP contribution in [-0.4, -0.2) is 40.8 Å². The SMILES string of the molecule is CC(C)(C)OC(=O)N1CCC(c2cc(OCc3ccccc3)cc(C(=O)O)c2)CC1. The average Bonchev–Trinajstić information content (AvgIpc) is 2.71. The molecule has 0 spiro atoms. The number of hydrogen-bond acceptors (Lipinski definition) is 4. The molecule has 0 saturated carbocycles. The Morgan fingerprint density at radius 2 is 1.73 bits per heavy atom. The van der Waals surface area contributed by atoms with E-state index >= 15 is 0 Å². The topological polar surface area (TPSA) is 76.1 Å². The monoisotopic (exact) mass is 411 g/mol. The van der Waals surface area contributed by atoms with E-state index in [0.717, 1.165) is 24.0 Å². The van der Waals surface area contributed by atoms with Gasteiger partial charge in [0.1, 0.15) is 18.0 Å². The Balaban J connectivity index is 1.68. The lowest BCUT2D eigenvalue weighted by Crippen LogP contribution is -2.41. The van der Waals surface area contributed by atoms with Gasteiger partial charge in [-0.1, -0.05) is 30.3 Å². The zero-order valence-electron chi connectivity index (χ0n) is 17.8. The summed E-state index contributed by atoms with van der Waals surface area (Å²) in [5.41, 5.74) is 1.65. The number of rotatable bonds is 5. The third-order valence-electron chi connectivity index (χ3n) is 5.04. The average molecular weight is 411 g/mol. The summed E-state index contributed by atoms with van der Waals surface area (Å²) < 4.78 is 11.3. The first-order valence-corrected chi connectivity index (χ1v) is 10.2. The lowest BCUT2D eigenvalue weighted by atomic mass is 9.88. The van der Waals surface area contributed by atoms with E-state index in [1.54, 1.807) is 17.0 Å². The number of likely N-dealkylation sites (tertiary alicyclic amines) is 1. The van der Waals surface area contributed by atoms with E-state index < -0.39 is 11.6 Å². The molecule has 1 amide bonds. The summed E-state index contributed by atoms with van der Waals surface area (Å²) in [6, 6.07) is 14.9. The minimum Gasteiger partial charge on any atom is -0.489 e. The number of carboxylic acid groups (broad SMARTS) is 1. The molecule has 3 rings (SSSR count). The summed E-state index contributed by atoms with van der Waals surface area (Å²) in [5.74, 6) is -0.266. The highest BCUT2D eigenvalue weighted by molar-refractivity contribution is 5.88. The molecule has 0 radical (unpaired) electrons. The smallest absolute Gasteiger partial charge is 0.410 e. The van der Waals surface area contributed by atoms with Crippen LogP contribution in [0.4, 0.5) is 4.79 Å². The van der Waals surface area contributed by atoms with Crippen LogP contribution in [0.2, 0.25) is 0 Å². The van der Waals surface area contributed by atoms with Crippen LogP contribution in [0.15, 0.2) is 48.5 Å². The Morgan fingerprint density at radius 3 is 2.33 bits per heavy atom. The molecule has 1 aliphatic rings. The summed E-state index contributed by atoms with van der Waals surface area (Å²) in [6.45, 7) is 7.10. The van der Waals surface area contributed by atoms with E-state index in [-0.39, 0.29) is 17.6 Å². The maximum absolute atomic E-state index is 12.3. The Labute approximate surface area is 177 Å². The molecule has 30 heavy (non-hydrogen) atoms. The van der Waals surface area contributed by atoms with Crippen molar-refractivity contribution in [3.63, 3.8) is 0 Å². The van der Waals surface area contributed by atoms with Crippen LogP contribution in [0.3, 0.4) is 0 Å². The van der Waals surface area contributed by atoms with Crippen molar-refractivity contribution in [2.75, 3.05) is 13.1 Å². The van der Waals surface area contributed by atoms with Crippen LogP contribution in [0.5, 0.6) is 5.75 Å². The molecule has 6 nitrogen and oxygen atoms in total. The lowest BCUT2D eigenvalue weighted by Gasteiger charge is -2.33. The predicted octanol–water partition coefficient (Wildman–Crippen LogP) is 5.08. The molecule has 160 valence electrons. The third-order valence-corrected chi connectivity index (χ3v) is 5.04. The number of nitrogens with zero attached hydrogens (tertiary/aromatic N) is 1. The Hall–Kier alpha value is -3.02. The molecular weight excluding hydrogens is 382 g/mol. The molecule has 1 aliphatic heterocycles. The van der Waals surface area contributed by atoms with E-state index in [4.69, 9.17) is 9.47 Å². The van der Waals surface area contributed by atoms with Gasteiger partial charge in [-0.15, -0.1) is 0 Å². The molecule has 1 fully saturated rings. The summed E-state index contributed by atoms with van der Waals surface area (Å²) in [4.78, 5) is 25.6. The predicted molar refractivity (Wildman–Crippen MR) is 114 cm³/mol. The zero-order valence-corrected chi connectivity index (χ0v) is 17.8. The van der Waals surface area contributed by atoms with E-state index in [0.29, 0.717) is 25.4 Å². The van der Waals surface area contributed by atoms with Crippen molar-refractivity contribution in [3.8, 4) is 5.75 Å². The van der Waals surface area contributed by atoms with Gasteiger partial charge in [0, 0.05) is 13.1 Å². The largest absolute Gasteiger partial charge is 0.489 e. The molecule has 0 aliphatic carbocycles. The molecule has 0 unspecified atom stereocenters. The van der Waals surface area contributed by atoms with Crippen LogP contribution in [-0.2, 0) is 11.3 Å². The van der Waals surface area contributed by atoms with E-state index in [2.05, 4.69) is 0 Å². The van der Waals surface area contributed by atoms with Gasteiger partial charge in [0.05, 0.1) is 5.56 Å². The highest BCUT2D eigenvalue weighted by Gasteiger charge is 2.28. The number of aromatic carboxylic acids is 1. The van der Waals surface area contributed by atoms with Crippen molar-refractivity contribution in [1.82, 2.24) is 4.90 Å². The number of ether oxygens (including phenoxy) is 2. The minimum absolute atomic E-state index is 0.169. The van der Waals surface area contributed by atoms with E-state index in [1.807, 2.05) is 57.2 Å². The number of amides is 1. The molecule has 1 heterocycles.